The van der Waals surface area contributed by atoms with Gasteiger partial charge in [-0.05, 0) is 26.0 Å². The predicted octanol–water partition coefficient (Wildman–Crippen LogP) is 1.71. The Hall–Kier alpha value is -1.82. The fourth-order valence-corrected chi connectivity index (χ4v) is 1.21. The van der Waals surface area contributed by atoms with Gasteiger partial charge in [-0.15, -0.1) is 12.4 Å². The van der Waals surface area contributed by atoms with E-state index >= 15 is 0 Å². The number of aliphatic imine (C=N–C) groups is 1. The number of nitrogens with two attached hydrogens (primary N) is 2. The average Bonchev–Trinajstić information content (AvgIpc) is 2.16. The molecule has 1 aromatic carbocycles. The van der Waals surface area contributed by atoms with Crippen LogP contribution >= 0.6 is 12.4 Å². The first-order valence-electron chi connectivity index (χ1n) is 4.79. The molecule has 0 radical (unpaired) electrons. The number of rotatable bonds is 3. The van der Waals surface area contributed by atoms with Gasteiger partial charge in [-0.2, -0.15) is 0 Å². The van der Waals surface area contributed by atoms with E-state index in [0.29, 0.717) is 5.56 Å². The number of nitrogen functional groups attached to an aromatic ring is 1. The highest BCUT2D eigenvalue weighted by atomic mass is 35.5. The number of hydrogen-bond acceptors (Lipinski definition) is 4. The number of amidine groups is 1. The summed E-state index contributed by atoms with van der Waals surface area (Å²) in [4.78, 5) is 14.2. The number of nitro benzene ring substituents is 1. The molecule has 7 heteroatoms. The maximum Gasteiger partial charge on any atom is 0.292 e. The SMILES string of the molecule is CC(C)N=C(N)c1ccc(N)c([N+](=O)[O-])c1.Cl. The number of nitro groups is 1. The van der Waals surface area contributed by atoms with Crippen molar-refractivity contribution in [3.8, 4) is 0 Å². The van der Waals surface area contributed by atoms with Crippen LogP contribution in [0.5, 0.6) is 0 Å². The minimum absolute atomic E-state index is 0. The van der Waals surface area contributed by atoms with Crippen molar-refractivity contribution in [2.75, 3.05) is 5.73 Å². The molecule has 0 aliphatic rings. The van der Waals surface area contributed by atoms with Gasteiger partial charge in [-0.25, -0.2) is 0 Å². The molecule has 0 bridgehead atoms. The van der Waals surface area contributed by atoms with Gasteiger partial charge in [0, 0.05) is 17.7 Å². The molecule has 1 aromatic rings. The first-order valence-corrected chi connectivity index (χ1v) is 4.79. The second kappa shape index (κ2) is 6.05. The van der Waals surface area contributed by atoms with Gasteiger partial charge in [0.2, 0.25) is 0 Å². The molecule has 0 aromatic heterocycles. The molecule has 0 aliphatic carbocycles. The summed E-state index contributed by atoms with van der Waals surface area (Å²) in [6, 6.07) is 4.44. The Kier molecular flexibility index (Phi) is 5.40. The fourth-order valence-electron chi connectivity index (χ4n) is 1.21. The summed E-state index contributed by atoms with van der Waals surface area (Å²) >= 11 is 0. The van der Waals surface area contributed by atoms with Crippen LogP contribution < -0.4 is 11.5 Å². The largest absolute Gasteiger partial charge is 0.393 e. The fraction of sp³-hybridized carbons (Fsp3) is 0.300. The Bertz CT molecular complexity index is 446. The van der Waals surface area contributed by atoms with E-state index in [1.165, 1.54) is 12.1 Å². The highest BCUT2D eigenvalue weighted by Gasteiger charge is 2.13. The molecule has 0 heterocycles. The summed E-state index contributed by atoms with van der Waals surface area (Å²) in [6.07, 6.45) is 0. The summed E-state index contributed by atoms with van der Waals surface area (Å²) in [7, 11) is 0. The van der Waals surface area contributed by atoms with Gasteiger partial charge < -0.3 is 11.5 Å². The lowest BCUT2D eigenvalue weighted by Crippen LogP contribution is -2.16. The number of hydrogen-bond donors (Lipinski definition) is 2. The Morgan fingerprint density at radius 3 is 2.53 bits per heavy atom. The van der Waals surface area contributed by atoms with Gasteiger partial charge >= 0.3 is 0 Å². The smallest absolute Gasteiger partial charge is 0.292 e. The Labute approximate surface area is 105 Å². The van der Waals surface area contributed by atoms with Crippen LogP contribution in [0.4, 0.5) is 11.4 Å². The average molecular weight is 259 g/mol. The molecule has 17 heavy (non-hydrogen) atoms. The predicted molar refractivity (Wildman–Crippen MR) is 70.6 cm³/mol. The third-order valence-electron chi connectivity index (χ3n) is 1.92. The van der Waals surface area contributed by atoms with Gasteiger partial charge in [0.1, 0.15) is 11.5 Å². The van der Waals surface area contributed by atoms with Gasteiger partial charge in [0.05, 0.1) is 4.92 Å². The number of benzene rings is 1. The zero-order chi connectivity index (χ0) is 12.3. The van der Waals surface area contributed by atoms with Crippen LogP contribution in [-0.2, 0) is 0 Å². The van der Waals surface area contributed by atoms with E-state index < -0.39 is 4.92 Å². The molecule has 94 valence electrons. The summed E-state index contributed by atoms with van der Waals surface area (Å²) in [5, 5.41) is 10.7. The van der Waals surface area contributed by atoms with Crippen LogP contribution in [0.1, 0.15) is 19.4 Å². The molecular formula is C10H15ClN4O2. The lowest BCUT2D eigenvalue weighted by Gasteiger charge is -2.04. The van der Waals surface area contributed by atoms with E-state index in [1.54, 1.807) is 6.07 Å². The topological polar surface area (TPSA) is 108 Å². The lowest BCUT2D eigenvalue weighted by molar-refractivity contribution is -0.383. The van der Waals surface area contributed by atoms with Crippen molar-refractivity contribution in [3.05, 3.63) is 33.9 Å². The van der Waals surface area contributed by atoms with Crippen LogP contribution in [0, 0.1) is 10.1 Å². The van der Waals surface area contributed by atoms with Gasteiger partial charge in [0.15, 0.2) is 0 Å². The molecule has 0 amide bonds. The molecule has 4 N–H and O–H groups in total. The van der Waals surface area contributed by atoms with Crippen LogP contribution in [0.2, 0.25) is 0 Å². The molecule has 0 saturated carbocycles. The highest BCUT2D eigenvalue weighted by Crippen LogP contribution is 2.22. The molecular weight excluding hydrogens is 244 g/mol. The van der Waals surface area contributed by atoms with Crippen LogP contribution in [0.25, 0.3) is 0 Å². The zero-order valence-corrected chi connectivity index (χ0v) is 10.4. The molecule has 0 spiro atoms. The highest BCUT2D eigenvalue weighted by molar-refractivity contribution is 5.98. The number of nitrogens with zero attached hydrogens (tertiary/aromatic N) is 2. The zero-order valence-electron chi connectivity index (χ0n) is 9.58. The van der Waals surface area contributed by atoms with Gasteiger partial charge in [-0.1, -0.05) is 0 Å². The minimum Gasteiger partial charge on any atom is -0.393 e. The maximum absolute atomic E-state index is 10.7. The van der Waals surface area contributed by atoms with E-state index in [-0.39, 0.29) is 35.7 Å². The van der Waals surface area contributed by atoms with Crippen molar-refractivity contribution in [1.82, 2.24) is 0 Å². The molecule has 0 unspecified atom stereocenters. The molecule has 0 atom stereocenters. The second-order valence-corrected chi connectivity index (χ2v) is 3.64. The third kappa shape index (κ3) is 3.92. The van der Waals surface area contributed by atoms with E-state index in [1.807, 2.05) is 13.8 Å². The van der Waals surface area contributed by atoms with Crippen molar-refractivity contribution in [2.24, 2.45) is 10.7 Å². The standard InChI is InChI=1S/C10H14N4O2.ClH/c1-6(2)13-10(12)7-3-4-8(11)9(5-7)14(15)16;/h3-6H,11H2,1-2H3,(H2,12,13);1H. The van der Waals surface area contributed by atoms with Crippen molar-refractivity contribution in [3.63, 3.8) is 0 Å². The Balaban J connectivity index is 0.00000256. The first kappa shape index (κ1) is 15.2. The lowest BCUT2D eigenvalue weighted by atomic mass is 10.1. The van der Waals surface area contributed by atoms with Gasteiger partial charge in [-0.3, -0.25) is 15.1 Å². The van der Waals surface area contributed by atoms with Crippen molar-refractivity contribution in [1.29, 1.82) is 0 Å². The van der Waals surface area contributed by atoms with Crippen molar-refractivity contribution >= 4 is 29.6 Å². The molecule has 0 aliphatic heterocycles. The Morgan fingerprint density at radius 2 is 2.06 bits per heavy atom. The normalized spacial score (nSPS) is 11.1. The van der Waals surface area contributed by atoms with Crippen molar-refractivity contribution < 1.29 is 4.92 Å². The summed E-state index contributed by atoms with van der Waals surface area (Å²) in [5.74, 6) is 0.276. The Morgan fingerprint density at radius 1 is 1.47 bits per heavy atom. The van der Waals surface area contributed by atoms with E-state index in [0.717, 1.165) is 0 Å². The van der Waals surface area contributed by atoms with E-state index in [4.69, 9.17) is 11.5 Å². The van der Waals surface area contributed by atoms with Crippen LogP contribution in [-0.4, -0.2) is 16.8 Å². The maximum atomic E-state index is 10.7. The molecule has 0 fully saturated rings. The van der Waals surface area contributed by atoms with Crippen molar-refractivity contribution in [2.45, 2.75) is 19.9 Å². The van der Waals surface area contributed by atoms with E-state index in [9.17, 15) is 10.1 Å². The summed E-state index contributed by atoms with van der Waals surface area (Å²) < 4.78 is 0. The first-order chi connectivity index (χ1) is 7.41. The quantitative estimate of drug-likeness (QED) is 0.283. The van der Waals surface area contributed by atoms with Crippen LogP contribution in [0.15, 0.2) is 23.2 Å². The van der Waals surface area contributed by atoms with E-state index in [2.05, 4.69) is 4.99 Å². The molecule has 6 nitrogen and oxygen atoms in total. The number of halogens is 1. The summed E-state index contributed by atoms with van der Waals surface area (Å²) in [5.41, 5.74) is 11.6. The number of anilines is 1. The van der Waals surface area contributed by atoms with Crippen LogP contribution in [0.3, 0.4) is 0 Å². The summed E-state index contributed by atoms with van der Waals surface area (Å²) in [6.45, 7) is 3.75. The van der Waals surface area contributed by atoms with Gasteiger partial charge in [0.25, 0.3) is 5.69 Å². The molecule has 1 rings (SSSR count). The minimum atomic E-state index is -0.540. The third-order valence-corrected chi connectivity index (χ3v) is 1.92. The molecule has 0 saturated heterocycles. The monoisotopic (exact) mass is 258 g/mol. The second-order valence-electron chi connectivity index (χ2n) is 3.64.